The van der Waals surface area contributed by atoms with Gasteiger partial charge in [-0.05, 0) is 64.8 Å². The van der Waals surface area contributed by atoms with E-state index in [2.05, 4.69) is 0 Å². The molecule has 0 spiro atoms. The number of unbranched alkanes of at least 4 members (excludes halogenated alkanes) is 1. The summed E-state index contributed by atoms with van der Waals surface area (Å²) in [7, 11) is -7.30. The van der Waals surface area contributed by atoms with E-state index in [1.807, 2.05) is 13.0 Å². The Kier molecular flexibility index (Phi) is 19.2. The summed E-state index contributed by atoms with van der Waals surface area (Å²) in [6, 6.07) is 16.8. The number of halogens is 3. The zero-order valence-electron chi connectivity index (χ0n) is 27.6. The Morgan fingerprint density at radius 1 is 0.708 bits per heavy atom. The maximum Gasteiger partial charge on any atom is 0.471 e. The van der Waals surface area contributed by atoms with Gasteiger partial charge < -0.3 is 23.8 Å². The van der Waals surface area contributed by atoms with Crippen molar-refractivity contribution in [3.8, 4) is 11.5 Å². The first kappa shape index (κ1) is 42.6. The lowest BCUT2D eigenvalue weighted by Crippen LogP contribution is -2.37. The first-order chi connectivity index (χ1) is 22.6. The fourth-order valence-corrected chi connectivity index (χ4v) is 7.29. The number of carbonyl (C=O) groups excluding carboxylic acids is 3. The summed E-state index contributed by atoms with van der Waals surface area (Å²) in [6.07, 6.45) is -5.74. The monoisotopic (exact) mass is 725 g/mol. The highest BCUT2D eigenvalue weighted by molar-refractivity contribution is 7.54. The summed E-state index contributed by atoms with van der Waals surface area (Å²) >= 11 is 0. The van der Waals surface area contributed by atoms with Crippen molar-refractivity contribution in [2.45, 2.75) is 72.3 Å². The van der Waals surface area contributed by atoms with E-state index < -0.39 is 58.0 Å². The Hall–Kier alpha value is -3.38. The smallest absolute Gasteiger partial charge is 0.464 e. The average molecular weight is 726 g/mol. The quantitative estimate of drug-likeness (QED) is 0.0881. The second-order valence-corrected chi connectivity index (χ2v) is 14.1. The first-order valence-electron chi connectivity index (χ1n) is 15.3. The fraction of sp³-hybridized carbons (Fsp3) is 0.516. The van der Waals surface area contributed by atoms with E-state index in [0.717, 1.165) is 6.42 Å². The minimum atomic E-state index is -5.00. The largest absolute Gasteiger partial charge is 0.471 e. The maximum absolute atomic E-state index is 13.0. The van der Waals surface area contributed by atoms with Crippen molar-refractivity contribution in [2.75, 3.05) is 32.1 Å². The van der Waals surface area contributed by atoms with Crippen molar-refractivity contribution in [1.29, 1.82) is 0 Å². The molecule has 0 saturated carbocycles. The van der Waals surface area contributed by atoms with Gasteiger partial charge in [0.05, 0.1) is 25.5 Å². The van der Waals surface area contributed by atoms with Crippen LogP contribution in [0.3, 0.4) is 0 Å². The molecule has 0 bridgehead atoms. The van der Waals surface area contributed by atoms with Crippen LogP contribution < -0.4 is 14.4 Å². The molecule has 0 saturated heterocycles. The van der Waals surface area contributed by atoms with Crippen LogP contribution >= 0.6 is 15.2 Å². The molecule has 2 unspecified atom stereocenters. The van der Waals surface area contributed by atoms with E-state index in [0.29, 0.717) is 12.2 Å². The third-order valence-corrected chi connectivity index (χ3v) is 9.77. The Labute approximate surface area is 279 Å². The van der Waals surface area contributed by atoms with Gasteiger partial charge in [-0.25, -0.2) is 18.7 Å². The highest BCUT2D eigenvalue weighted by Crippen LogP contribution is 2.51. The Morgan fingerprint density at radius 2 is 1.10 bits per heavy atom. The highest BCUT2D eigenvalue weighted by Gasteiger charge is 2.38. The zero-order valence-corrected chi connectivity index (χ0v) is 29.4. The van der Waals surface area contributed by atoms with Gasteiger partial charge in [-0.2, -0.15) is 13.2 Å². The molecule has 2 aromatic rings. The summed E-state index contributed by atoms with van der Waals surface area (Å²) < 4.78 is 93.5. The number of benzene rings is 2. The predicted molar refractivity (Wildman–Crippen MR) is 172 cm³/mol. The van der Waals surface area contributed by atoms with Crippen LogP contribution in [0.1, 0.15) is 53.9 Å². The minimum absolute atomic E-state index is 0.0971. The number of nitrogens with one attached hydrogen (secondary N) is 1. The van der Waals surface area contributed by atoms with Crippen molar-refractivity contribution in [2.24, 2.45) is 0 Å². The molecule has 0 aliphatic carbocycles. The predicted octanol–water partition coefficient (Wildman–Crippen LogP) is 7.32. The van der Waals surface area contributed by atoms with Crippen LogP contribution in [0.2, 0.25) is 0 Å². The highest BCUT2D eigenvalue weighted by atomic mass is 31.2. The summed E-state index contributed by atoms with van der Waals surface area (Å²) in [5.41, 5.74) is 0. The molecule has 0 radical (unpaired) electrons. The van der Waals surface area contributed by atoms with Crippen LogP contribution in [0.5, 0.6) is 11.5 Å². The summed E-state index contributed by atoms with van der Waals surface area (Å²) in [4.78, 5) is 34.1. The number of rotatable bonds is 19. The maximum atomic E-state index is 13.0. The molecule has 0 aliphatic rings. The lowest BCUT2D eigenvalue weighted by molar-refractivity contribution is -0.173. The fourth-order valence-electron chi connectivity index (χ4n) is 3.54. The van der Waals surface area contributed by atoms with Gasteiger partial charge in [0.2, 0.25) is 0 Å². The number of amides is 1. The molecule has 0 aliphatic heterocycles. The number of hydrogen-bond acceptors (Lipinski definition) is 11. The Bertz CT molecular complexity index is 1350. The molecule has 0 fully saturated rings. The van der Waals surface area contributed by atoms with Gasteiger partial charge in [0.25, 0.3) is 0 Å². The molecule has 12 nitrogen and oxygen atoms in total. The molecule has 0 heterocycles. The molecular formula is C31H44F3NO11P2. The molecule has 270 valence electrons. The van der Waals surface area contributed by atoms with Crippen molar-refractivity contribution in [3.63, 3.8) is 0 Å². The molecule has 1 N–H and O–H groups in total. The van der Waals surface area contributed by atoms with E-state index in [1.165, 1.54) is 26.0 Å². The number of carbonyl (C=O) groups is 3. The summed E-state index contributed by atoms with van der Waals surface area (Å²) in [5, 5.41) is 1.67. The average Bonchev–Trinajstić information content (AvgIpc) is 3.03. The molecular weight excluding hydrogens is 681 g/mol. The van der Waals surface area contributed by atoms with Gasteiger partial charge in [-0.15, -0.1) is 0 Å². The normalized spacial score (nSPS) is 14.8. The summed E-state index contributed by atoms with van der Waals surface area (Å²) in [6.45, 7) is 8.09. The van der Waals surface area contributed by atoms with Gasteiger partial charge in [-0.3, -0.25) is 13.8 Å². The second kappa shape index (κ2) is 21.6. The number of ether oxygens (including phenoxy) is 2. The number of esters is 2. The first-order valence-corrected chi connectivity index (χ1v) is 18.8. The zero-order chi connectivity index (χ0) is 36.2. The molecule has 4 atom stereocenters. The number of alkyl halides is 3. The number of para-hydroxylation sites is 2. The van der Waals surface area contributed by atoms with Crippen molar-refractivity contribution < 1.29 is 64.3 Å². The van der Waals surface area contributed by atoms with Crippen LogP contribution in [0.4, 0.5) is 13.2 Å². The van der Waals surface area contributed by atoms with E-state index in [4.69, 9.17) is 27.6 Å². The number of hydrogen-bond donors (Lipinski definition) is 1. The molecule has 17 heteroatoms. The van der Waals surface area contributed by atoms with E-state index in [1.54, 1.807) is 61.6 Å². The summed E-state index contributed by atoms with van der Waals surface area (Å²) in [5.74, 6) is -2.71. The van der Waals surface area contributed by atoms with Crippen LogP contribution in [-0.4, -0.2) is 68.3 Å². The van der Waals surface area contributed by atoms with Gasteiger partial charge in [0.15, 0.2) is 12.2 Å². The van der Waals surface area contributed by atoms with Crippen molar-refractivity contribution in [1.82, 2.24) is 5.32 Å². The molecule has 2 rings (SSSR count). The molecule has 1 amide bonds. The van der Waals surface area contributed by atoms with Crippen LogP contribution in [0.25, 0.3) is 0 Å². The van der Waals surface area contributed by atoms with Crippen molar-refractivity contribution >= 4 is 33.0 Å². The van der Waals surface area contributed by atoms with E-state index >= 15 is 0 Å². The van der Waals surface area contributed by atoms with Gasteiger partial charge in [0.1, 0.15) is 11.5 Å². The topological polar surface area (TPSA) is 153 Å². The Morgan fingerprint density at radius 3 is 1.46 bits per heavy atom. The van der Waals surface area contributed by atoms with Gasteiger partial charge >= 0.3 is 39.2 Å². The van der Waals surface area contributed by atoms with Gasteiger partial charge in [-0.1, -0.05) is 49.7 Å². The van der Waals surface area contributed by atoms with Crippen LogP contribution in [0.15, 0.2) is 60.7 Å². The van der Waals surface area contributed by atoms with Gasteiger partial charge in [0, 0.05) is 6.54 Å². The minimum Gasteiger partial charge on any atom is -0.464 e. The third kappa shape index (κ3) is 17.1. The van der Waals surface area contributed by atoms with Crippen molar-refractivity contribution in [3.05, 3.63) is 60.7 Å². The second-order valence-electron chi connectivity index (χ2n) is 9.94. The lowest BCUT2D eigenvalue weighted by Gasteiger charge is -2.22. The molecule has 0 aromatic heterocycles. The lowest BCUT2D eigenvalue weighted by atomic mass is 10.3. The Balaban J connectivity index is 0.000000495. The van der Waals surface area contributed by atoms with E-state index in [9.17, 15) is 36.7 Å². The SMILES string of the molecule is CCCCP(=O)(Oc1ccccc1)O[C@@H](C)C(=O)OCC.CCOC(=O)[C@H](C)OP(=O)(CCCNC(=O)C(F)(F)F)Oc1ccccc1. The molecule has 2 aromatic carbocycles. The molecule has 48 heavy (non-hydrogen) atoms. The van der Waals surface area contributed by atoms with Crippen LogP contribution in [-0.2, 0) is 42.0 Å². The van der Waals surface area contributed by atoms with Crippen LogP contribution in [0, 0.1) is 0 Å². The van der Waals surface area contributed by atoms with E-state index in [-0.39, 0.29) is 37.7 Å². The third-order valence-electron chi connectivity index (χ3n) is 5.79. The standard InChI is InChI=1S/C16H21F3NO6P.C15H23O5P/c1-3-24-14(21)12(2)25-27(23,26-13-8-5-4-6-9-13)11-7-10-20-15(22)16(17,18)19;1-4-6-12-21(17,19-13(3)15(16)18-5-2)20-14-10-8-7-9-11-14/h4-6,8-9,12H,3,7,10-11H2,1-2H3,(H,20,22);7-11,13H,4-6,12H2,1-3H3/t12-,27?;13-,21?/m00/s1.